The van der Waals surface area contributed by atoms with Gasteiger partial charge in [0.1, 0.15) is 19.3 Å². The van der Waals surface area contributed by atoms with Gasteiger partial charge in [0.2, 0.25) is 0 Å². The first kappa shape index (κ1) is 100. The van der Waals surface area contributed by atoms with E-state index in [1.807, 2.05) is 0 Å². The van der Waals surface area contributed by atoms with Crippen molar-refractivity contribution in [2.24, 2.45) is 23.7 Å². The summed E-state index contributed by atoms with van der Waals surface area (Å²) >= 11 is 0. The van der Waals surface area contributed by atoms with Crippen molar-refractivity contribution >= 4 is 39.5 Å². The zero-order valence-electron chi connectivity index (χ0n) is 67.2. The average molecular weight is 1490 g/mol. The SMILES string of the molecule is CCC(C)CCCCCCCCCCC(=O)OC[C@H](COP(=O)(O)OC[C@H](O)COP(=O)(O)OC[C@@H](COC(=O)CCCCCCCCCCCCCCCC(C)C)OC(=O)CCCCCCCCCCCCCCCCCCC(C)C)OC(=O)CCCCCCCCCCCCCCC(C)C. The van der Waals surface area contributed by atoms with Gasteiger partial charge in [0.05, 0.1) is 26.4 Å². The molecule has 6 atom stereocenters. The second kappa shape index (κ2) is 72.0. The van der Waals surface area contributed by atoms with Crippen LogP contribution in [-0.4, -0.2) is 96.7 Å². The Morgan fingerprint density at radius 2 is 0.471 bits per heavy atom. The highest BCUT2D eigenvalue weighted by atomic mass is 31.2. The molecule has 0 saturated carbocycles. The molecule has 0 aromatic carbocycles. The van der Waals surface area contributed by atoms with Crippen molar-refractivity contribution in [2.75, 3.05) is 39.6 Å². The molecule has 0 aliphatic carbocycles. The molecule has 0 heterocycles. The number of carbonyl (C=O) groups excluding carboxylic acids is 4. The number of aliphatic hydroxyl groups excluding tert-OH is 1. The van der Waals surface area contributed by atoms with Crippen LogP contribution >= 0.6 is 15.6 Å². The van der Waals surface area contributed by atoms with Gasteiger partial charge in [-0.05, 0) is 49.4 Å². The Morgan fingerprint density at radius 3 is 0.696 bits per heavy atom. The number of aliphatic hydroxyl groups is 1. The Bertz CT molecular complexity index is 1990. The third-order valence-corrected chi connectivity index (χ3v) is 21.6. The molecule has 19 heteroatoms. The van der Waals surface area contributed by atoms with E-state index in [0.29, 0.717) is 25.7 Å². The van der Waals surface area contributed by atoms with E-state index >= 15 is 0 Å². The van der Waals surface area contributed by atoms with Crippen LogP contribution in [0.5, 0.6) is 0 Å². The second-order valence-corrected chi connectivity index (χ2v) is 34.4. The summed E-state index contributed by atoms with van der Waals surface area (Å²) in [5.41, 5.74) is 0. The molecular formula is C83H162O17P2. The van der Waals surface area contributed by atoms with E-state index in [9.17, 15) is 43.2 Å². The summed E-state index contributed by atoms with van der Waals surface area (Å²) in [5, 5.41) is 10.7. The van der Waals surface area contributed by atoms with Crippen molar-refractivity contribution in [3.8, 4) is 0 Å². The number of unbranched alkanes of at least 4 members (excludes halogenated alkanes) is 45. The van der Waals surface area contributed by atoms with Crippen molar-refractivity contribution in [1.82, 2.24) is 0 Å². The summed E-state index contributed by atoms with van der Waals surface area (Å²) in [6, 6.07) is 0. The molecule has 0 aliphatic heterocycles. The maximum Gasteiger partial charge on any atom is 0.472 e. The number of ether oxygens (including phenoxy) is 4. The van der Waals surface area contributed by atoms with Crippen LogP contribution in [-0.2, 0) is 65.4 Å². The van der Waals surface area contributed by atoms with E-state index < -0.39 is 97.5 Å². The smallest absolute Gasteiger partial charge is 0.462 e. The molecule has 606 valence electrons. The van der Waals surface area contributed by atoms with Gasteiger partial charge in [-0.2, -0.15) is 0 Å². The van der Waals surface area contributed by atoms with Gasteiger partial charge < -0.3 is 33.8 Å². The minimum atomic E-state index is -4.96. The van der Waals surface area contributed by atoms with Crippen molar-refractivity contribution < 1.29 is 80.2 Å². The number of hydrogen-bond donors (Lipinski definition) is 3. The van der Waals surface area contributed by atoms with Crippen molar-refractivity contribution in [2.45, 2.75) is 446 Å². The van der Waals surface area contributed by atoms with Gasteiger partial charge in [-0.25, -0.2) is 9.13 Å². The van der Waals surface area contributed by atoms with E-state index in [0.717, 1.165) is 114 Å². The lowest BCUT2D eigenvalue weighted by Gasteiger charge is -2.21. The lowest BCUT2D eigenvalue weighted by Crippen LogP contribution is -2.30. The van der Waals surface area contributed by atoms with E-state index in [4.69, 9.17) is 37.0 Å². The lowest BCUT2D eigenvalue weighted by atomic mass is 9.99. The quantitative estimate of drug-likeness (QED) is 0.0222. The van der Waals surface area contributed by atoms with Crippen LogP contribution in [0.1, 0.15) is 428 Å². The molecule has 0 amide bonds. The van der Waals surface area contributed by atoms with E-state index in [1.54, 1.807) is 0 Å². The third-order valence-electron chi connectivity index (χ3n) is 19.7. The first-order chi connectivity index (χ1) is 49.1. The number of carbonyl (C=O) groups is 4. The number of phosphoric acid groups is 2. The minimum absolute atomic E-state index is 0.106. The number of hydrogen-bond acceptors (Lipinski definition) is 15. The predicted octanol–water partition coefficient (Wildman–Crippen LogP) is 24.8. The van der Waals surface area contributed by atoms with E-state index in [-0.39, 0.29) is 25.7 Å². The Kier molecular flexibility index (Phi) is 70.6. The molecule has 0 saturated heterocycles. The topological polar surface area (TPSA) is 237 Å². The van der Waals surface area contributed by atoms with Gasteiger partial charge in [0, 0.05) is 25.7 Å². The molecule has 0 radical (unpaired) electrons. The highest BCUT2D eigenvalue weighted by Crippen LogP contribution is 2.45. The molecule has 0 rings (SSSR count). The Labute approximate surface area is 626 Å². The molecule has 0 aromatic heterocycles. The van der Waals surface area contributed by atoms with Gasteiger partial charge in [0.15, 0.2) is 12.2 Å². The fourth-order valence-corrected chi connectivity index (χ4v) is 14.3. The number of rotatable bonds is 80. The van der Waals surface area contributed by atoms with Crippen molar-refractivity contribution in [3.05, 3.63) is 0 Å². The molecule has 0 aliphatic rings. The third kappa shape index (κ3) is 74.9. The predicted molar refractivity (Wildman–Crippen MR) is 418 cm³/mol. The van der Waals surface area contributed by atoms with E-state index in [1.165, 1.54) is 231 Å². The largest absolute Gasteiger partial charge is 0.472 e. The van der Waals surface area contributed by atoms with Crippen LogP contribution in [0.15, 0.2) is 0 Å². The highest BCUT2D eigenvalue weighted by molar-refractivity contribution is 7.47. The van der Waals surface area contributed by atoms with Crippen LogP contribution in [0.25, 0.3) is 0 Å². The molecular weight excluding hydrogens is 1330 g/mol. The first-order valence-corrected chi connectivity index (χ1v) is 45.7. The summed E-state index contributed by atoms with van der Waals surface area (Å²) in [4.78, 5) is 73.2. The van der Waals surface area contributed by atoms with Crippen LogP contribution in [0.3, 0.4) is 0 Å². The Morgan fingerprint density at radius 1 is 0.275 bits per heavy atom. The molecule has 0 aromatic rings. The standard InChI is InChI=1S/C83H162O17P2/c1-9-76(8)62-54-46-38-33-34-40-48-56-64-81(86)94-70-79(100-83(88)66-58-50-42-32-26-20-19-23-29-37-45-53-61-75(6)7)72-98-102(91,92)96-68-77(84)67-95-101(89,90)97-71-78(69-93-80(85)63-55-47-39-30-24-18-14-16-22-28-36-44-52-60-74(4)5)99-82(87)65-57-49-41-31-25-17-13-11-10-12-15-21-27-35-43-51-59-73(2)3/h73-79,84H,9-72H2,1-8H3,(H,89,90)(H,91,92)/t76?,77-,78-,79-/m1/s1. The van der Waals surface area contributed by atoms with Crippen LogP contribution < -0.4 is 0 Å². The summed E-state index contributed by atoms with van der Waals surface area (Å²) in [6.07, 6.45) is 59.5. The summed E-state index contributed by atoms with van der Waals surface area (Å²) in [6.45, 7) is 14.3. The summed E-state index contributed by atoms with van der Waals surface area (Å²) in [7, 11) is -9.93. The lowest BCUT2D eigenvalue weighted by molar-refractivity contribution is -0.161. The van der Waals surface area contributed by atoms with Crippen molar-refractivity contribution in [1.29, 1.82) is 0 Å². The summed E-state index contributed by atoms with van der Waals surface area (Å²) < 4.78 is 68.8. The first-order valence-electron chi connectivity index (χ1n) is 42.7. The van der Waals surface area contributed by atoms with Crippen molar-refractivity contribution in [3.63, 3.8) is 0 Å². The fourth-order valence-electron chi connectivity index (χ4n) is 12.8. The normalized spacial score (nSPS) is 14.3. The molecule has 0 bridgehead atoms. The van der Waals surface area contributed by atoms with E-state index in [2.05, 4.69) is 55.4 Å². The van der Waals surface area contributed by atoms with Gasteiger partial charge in [-0.15, -0.1) is 0 Å². The van der Waals surface area contributed by atoms with Gasteiger partial charge in [0.25, 0.3) is 0 Å². The molecule has 3 N–H and O–H groups in total. The maximum atomic E-state index is 13.1. The highest BCUT2D eigenvalue weighted by Gasteiger charge is 2.30. The summed E-state index contributed by atoms with van der Waals surface area (Å²) in [5.74, 6) is 1.04. The zero-order chi connectivity index (χ0) is 75.3. The molecule has 17 nitrogen and oxygen atoms in total. The minimum Gasteiger partial charge on any atom is -0.462 e. The molecule has 0 spiro atoms. The fraction of sp³-hybridized carbons (Fsp3) is 0.952. The van der Waals surface area contributed by atoms with Gasteiger partial charge >= 0.3 is 39.5 Å². The number of phosphoric ester groups is 2. The second-order valence-electron chi connectivity index (χ2n) is 31.5. The average Bonchev–Trinajstić information content (AvgIpc) is 0.906. The number of esters is 4. The van der Waals surface area contributed by atoms with Gasteiger partial charge in [-0.1, -0.05) is 376 Å². The van der Waals surface area contributed by atoms with Crippen LogP contribution in [0.2, 0.25) is 0 Å². The zero-order valence-corrected chi connectivity index (χ0v) is 69.0. The van der Waals surface area contributed by atoms with Crippen LogP contribution in [0, 0.1) is 23.7 Å². The monoisotopic (exact) mass is 1490 g/mol. The molecule has 0 fully saturated rings. The molecule has 102 heavy (non-hydrogen) atoms. The Hall–Kier alpha value is -1.94. The van der Waals surface area contributed by atoms with Crippen LogP contribution in [0.4, 0.5) is 0 Å². The maximum absolute atomic E-state index is 13.1. The molecule has 3 unspecified atom stereocenters. The Balaban J connectivity index is 5.27. The van der Waals surface area contributed by atoms with Gasteiger partial charge in [-0.3, -0.25) is 37.3 Å².